The first-order valence-electron chi connectivity index (χ1n) is 3.46. The molecule has 0 aromatic rings. The van der Waals surface area contributed by atoms with Crippen LogP contribution in [0, 0.1) is 5.92 Å². The fourth-order valence-electron chi connectivity index (χ4n) is 1.03. The lowest BCUT2D eigenvalue weighted by Crippen LogP contribution is -2.19. The predicted octanol–water partition coefficient (Wildman–Crippen LogP) is 0.791. The number of aliphatic hydroxyl groups is 1. The van der Waals surface area contributed by atoms with Crippen LogP contribution in [-0.4, -0.2) is 23.4 Å². The largest absolute Gasteiger partial charge is 0.393 e. The van der Waals surface area contributed by atoms with Crippen LogP contribution in [0.5, 0.6) is 0 Å². The summed E-state index contributed by atoms with van der Waals surface area (Å²) in [4.78, 5) is 0. The molecule has 1 aliphatic rings. The van der Waals surface area contributed by atoms with Gasteiger partial charge in [0, 0.05) is 5.92 Å². The van der Waals surface area contributed by atoms with Gasteiger partial charge in [0.25, 0.3) is 0 Å². The number of ether oxygens (including phenoxy) is 1. The van der Waals surface area contributed by atoms with Gasteiger partial charge in [-0.15, -0.1) is 0 Å². The van der Waals surface area contributed by atoms with Crippen LogP contribution in [0.15, 0.2) is 0 Å². The molecule has 0 bridgehead atoms. The first-order valence-corrected chi connectivity index (χ1v) is 3.46. The maximum absolute atomic E-state index is 9.07. The average Bonchev–Trinajstić information content (AvgIpc) is 2.44. The molecule has 0 spiro atoms. The van der Waals surface area contributed by atoms with Crippen LogP contribution in [0.2, 0.25) is 0 Å². The minimum Gasteiger partial charge on any atom is -0.393 e. The van der Waals surface area contributed by atoms with Crippen molar-refractivity contribution in [1.29, 1.82) is 0 Å². The highest BCUT2D eigenvalue weighted by molar-refractivity contribution is 4.87. The zero-order valence-electron chi connectivity index (χ0n) is 6.16. The molecule has 0 amide bonds. The number of rotatable bonds is 2. The summed E-state index contributed by atoms with van der Waals surface area (Å²) in [6, 6.07) is 0. The van der Waals surface area contributed by atoms with Crippen molar-refractivity contribution in [2.45, 2.75) is 39.1 Å². The Morgan fingerprint density at radius 1 is 1.44 bits per heavy atom. The van der Waals surface area contributed by atoms with Crippen molar-refractivity contribution >= 4 is 0 Å². The summed E-state index contributed by atoms with van der Waals surface area (Å²) in [6.07, 6.45) is 0.444. The van der Waals surface area contributed by atoms with E-state index in [-0.39, 0.29) is 6.10 Å². The molecule has 2 heteroatoms. The van der Waals surface area contributed by atoms with Gasteiger partial charge >= 0.3 is 0 Å². The second-order valence-corrected chi connectivity index (χ2v) is 2.91. The van der Waals surface area contributed by atoms with Crippen molar-refractivity contribution in [3.63, 3.8) is 0 Å². The third-order valence-corrected chi connectivity index (χ3v) is 2.04. The van der Waals surface area contributed by atoms with Gasteiger partial charge in [-0.05, 0) is 13.8 Å². The average molecular weight is 130 g/mol. The zero-order valence-corrected chi connectivity index (χ0v) is 6.16. The molecule has 1 N–H and O–H groups in total. The first-order chi connectivity index (χ1) is 4.13. The minimum absolute atomic E-state index is 0.236. The topological polar surface area (TPSA) is 32.8 Å². The normalized spacial score (nSPS) is 40.0. The van der Waals surface area contributed by atoms with E-state index in [0.717, 1.165) is 0 Å². The van der Waals surface area contributed by atoms with Crippen LogP contribution in [0.4, 0.5) is 0 Å². The zero-order chi connectivity index (χ0) is 7.02. The number of hydrogen-bond donors (Lipinski definition) is 1. The molecule has 0 aliphatic carbocycles. The number of epoxide rings is 1. The number of aliphatic hydroxyl groups excluding tert-OH is 1. The Morgan fingerprint density at radius 3 is 2.00 bits per heavy atom. The molecule has 0 saturated carbocycles. The summed E-state index contributed by atoms with van der Waals surface area (Å²) < 4.78 is 5.18. The molecule has 1 rings (SSSR count). The molecule has 2 nitrogen and oxygen atoms in total. The SMILES string of the molecule is C[C@H]([C@@H]1O[C@H]1C)[C@H](C)O. The molecule has 0 aromatic carbocycles. The smallest absolute Gasteiger partial charge is 0.0888 e. The Bertz CT molecular complexity index is 101. The second kappa shape index (κ2) is 2.27. The lowest BCUT2D eigenvalue weighted by atomic mass is 10.0. The Labute approximate surface area is 55.8 Å². The van der Waals surface area contributed by atoms with Gasteiger partial charge in [0.1, 0.15) is 0 Å². The van der Waals surface area contributed by atoms with Crippen LogP contribution < -0.4 is 0 Å². The second-order valence-electron chi connectivity index (χ2n) is 2.91. The summed E-state index contributed by atoms with van der Waals surface area (Å²) in [7, 11) is 0. The van der Waals surface area contributed by atoms with Crippen molar-refractivity contribution in [3.05, 3.63) is 0 Å². The number of hydrogen-bond acceptors (Lipinski definition) is 2. The van der Waals surface area contributed by atoms with E-state index in [9.17, 15) is 0 Å². The lowest BCUT2D eigenvalue weighted by Gasteiger charge is -2.10. The Morgan fingerprint density at radius 2 is 1.89 bits per heavy atom. The molecule has 0 radical (unpaired) electrons. The Hall–Kier alpha value is -0.0800. The molecule has 1 aliphatic heterocycles. The van der Waals surface area contributed by atoms with Crippen molar-refractivity contribution in [1.82, 2.24) is 0 Å². The van der Waals surface area contributed by atoms with Crippen LogP contribution in [0.1, 0.15) is 20.8 Å². The Balaban J connectivity index is 2.27. The first kappa shape index (κ1) is 7.03. The summed E-state index contributed by atoms with van der Waals surface area (Å²) >= 11 is 0. The van der Waals surface area contributed by atoms with Crippen LogP contribution in [0.25, 0.3) is 0 Å². The molecular weight excluding hydrogens is 116 g/mol. The van der Waals surface area contributed by atoms with Gasteiger partial charge in [-0.25, -0.2) is 0 Å². The van der Waals surface area contributed by atoms with Crippen molar-refractivity contribution in [2.24, 2.45) is 5.92 Å². The predicted molar refractivity (Wildman–Crippen MR) is 35.2 cm³/mol. The fourth-order valence-corrected chi connectivity index (χ4v) is 1.03. The van der Waals surface area contributed by atoms with Gasteiger partial charge < -0.3 is 9.84 Å². The maximum Gasteiger partial charge on any atom is 0.0888 e. The summed E-state index contributed by atoms with van der Waals surface area (Å²) in [5.74, 6) is 0.292. The van der Waals surface area contributed by atoms with E-state index < -0.39 is 0 Å². The molecule has 0 aromatic heterocycles. The van der Waals surface area contributed by atoms with Gasteiger partial charge in [-0.3, -0.25) is 0 Å². The van der Waals surface area contributed by atoms with Crippen molar-refractivity contribution < 1.29 is 9.84 Å². The molecule has 1 fully saturated rings. The quantitative estimate of drug-likeness (QED) is 0.560. The standard InChI is InChI=1S/C7H14O2/c1-4(5(2)8)7-6(3)9-7/h4-8H,1-3H3/t4-,5-,6-,7-/m0/s1. The third kappa shape index (κ3) is 1.43. The van der Waals surface area contributed by atoms with Crippen molar-refractivity contribution in [2.75, 3.05) is 0 Å². The Kier molecular flexibility index (Phi) is 1.78. The highest BCUT2D eigenvalue weighted by Crippen LogP contribution is 2.30. The molecule has 1 saturated heterocycles. The highest BCUT2D eigenvalue weighted by atomic mass is 16.6. The van der Waals surface area contributed by atoms with E-state index in [4.69, 9.17) is 9.84 Å². The molecular formula is C7H14O2. The fraction of sp³-hybridized carbons (Fsp3) is 1.00. The van der Waals surface area contributed by atoms with Crippen LogP contribution >= 0.6 is 0 Å². The molecule has 0 unspecified atom stereocenters. The van der Waals surface area contributed by atoms with E-state index in [0.29, 0.717) is 18.1 Å². The molecule has 9 heavy (non-hydrogen) atoms. The van der Waals surface area contributed by atoms with E-state index in [1.54, 1.807) is 6.92 Å². The van der Waals surface area contributed by atoms with Crippen molar-refractivity contribution in [3.8, 4) is 0 Å². The van der Waals surface area contributed by atoms with Gasteiger partial charge in [-0.2, -0.15) is 0 Å². The van der Waals surface area contributed by atoms with E-state index in [1.807, 2.05) is 13.8 Å². The van der Waals surface area contributed by atoms with Gasteiger partial charge in [0.05, 0.1) is 18.3 Å². The van der Waals surface area contributed by atoms with Gasteiger partial charge in [-0.1, -0.05) is 6.92 Å². The van der Waals surface area contributed by atoms with Gasteiger partial charge in [0.2, 0.25) is 0 Å². The third-order valence-electron chi connectivity index (χ3n) is 2.04. The van der Waals surface area contributed by atoms with Crippen LogP contribution in [-0.2, 0) is 4.74 Å². The monoisotopic (exact) mass is 130 g/mol. The lowest BCUT2D eigenvalue weighted by molar-refractivity contribution is 0.115. The molecule has 4 atom stereocenters. The van der Waals surface area contributed by atoms with Gasteiger partial charge in [0.15, 0.2) is 0 Å². The summed E-state index contributed by atoms with van der Waals surface area (Å²) in [5.41, 5.74) is 0. The maximum atomic E-state index is 9.07. The summed E-state index contributed by atoms with van der Waals surface area (Å²) in [6.45, 7) is 5.85. The highest BCUT2D eigenvalue weighted by Gasteiger charge is 2.40. The molecule has 54 valence electrons. The van der Waals surface area contributed by atoms with E-state index >= 15 is 0 Å². The summed E-state index contributed by atoms with van der Waals surface area (Å²) in [5, 5.41) is 9.07. The minimum atomic E-state index is -0.236. The molecule has 1 heterocycles. The van der Waals surface area contributed by atoms with Crippen LogP contribution in [0.3, 0.4) is 0 Å². The van der Waals surface area contributed by atoms with E-state index in [1.165, 1.54) is 0 Å². The van der Waals surface area contributed by atoms with E-state index in [2.05, 4.69) is 0 Å².